The Hall–Kier alpha value is -2.99. The summed E-state index contributed by atoms with van der Waals surface area (Å²) in [6.45, 7) is 0. The fourth-order valence-electron chi connectivity index (χ4n) is 4.51. The molecule has 0 bridgehead atoms. The Morgan fingerprint density at radius 3 is 2.50 bits per heavy atom. The minimum absolute atomic E-state index is 0.299. The third kappa shape index (κ3) is 4.14. The third-order valence-corrected chi connectivity index (χ3v) is 6.22. The highest BCUT2D eigenvalue weighted by molar-refractivity contribution is 5.89. The lowest BCUT2D eigenvalue weighted by Gasteiger charge is -2.33. The highest BCUT2D eigenvalue weighted by Crippen LogP contribution is 2.35. The summed E-state index contributed by atoms with van der Waals surface area (Å²) in [6, 6.07) is 12.7. The molecular weight excluding hydrogens is 376 g/mol. The Morgan fingerprint density at radius 2 is 1.83 bits per heavy atom. The summed E-state index contributed by atoms with van der Waals surface area (Å²) in [5.74, 6) is -0.925. The first-order valence-corrected chi connectivity index (χ1v) is 10.5. The van der Waals surface area contributed by atoms with E-state index >= 15 is 0 Å². The summed E-state index contributed by atoms with van der Waals surface area (Å²) in [5, 5.41) is 14.4. The van der Waals surface area contributed by atoms with Gasteiger partial charge in [-0.15, -0.1) is 0 Å². The lowest BCUT2D eigenvalue weighted by atomic mass is 9.90. The lowest BCUT2D eigenvalue weighted by molar-refractivity contribution is 0.0695. The van der Waals surface area contributed by atoms with Crippen LogP contribution in [0.15, 0.2) is 55.0 Å². The van der Waals surface area contributed by atoms with E-state index in [1.54, 1.807) is 12.3 Å². The molecule has 0 atom stereocenters. The van der Waals surface area contributed by atoms with Crippen LogP contribution in [0.3, 0.4) is 0 Å². The van der Waals surface area contributed by atoms with Gasteiger partial charge in [-0.1, -0.05) is 30.3 Å². The molecule has 30 heavy (non-hydrogen) atoms. The largest absolute Gasteiger partial charge is 0.478 e. The van der Waals surface area contributed by atoms with Crippen molar-refractivity contribution < 1.29 is 9.90 Å². The van der Waals surface area contributed by atoms with Crippen LogP contribution in [0.5, 0.6) is 0 Å². The summed E-state index contributed by atoms with van der Waals surface area (Å²) in [7, 11) is 4.29. The maximum absolute atomic E-state index is 11.7. The SMILES string of the molecule is CN(C)C1CCC(n2ncc(-c3ccccc3)c2Cc2cnccc2C(=O)O)CC1. The lowest BCUT2D eigenvalue weighted by Crippen LogP contribution is -2.33. The molecule has 1 N–H and O–H groups in total. The second-order valence-corrected chi connectivity index (χ2v) is 8.26. The molecule has 6 nitrogen and oxygen atoms in total. The average molecular weight is 405 g/mol. The van der Waals surface area contributed by atoms with Crippen LogP contribution in [0.4, 0.5) is 0 Å². The van der Waals surface area contributed by atoms with Crippen molar-refractivity contribution in [3.05, 3.63) is 71.8 Å². The zero-order chi connectivity index (χ0) is 21.1. The highest BCUT2D eigenvalue weighted by atomic mass is 16.4. The smallest absolute Gasteiger partial charge is 0.336 e. The van der Waals surface area contributed by atoms with Gasteiger partial charge in [0, 0.05) is 30.4 Å². The van der Waals surface area contributed by atoms with E-state index < -0.39 is 5.97 Å². The van der Waals surface area contributed by atoms with Crippen molar-refractivity contribution in [2.45, 2.75) is 44.2 Å². The summed E-state index contributed by atoms with van der Waals surface area (Å²) >= 11 is 0. The average Bonchev–Trinajstić information content (AvgIpc) is 3.18. The van der Waals surface area contributed by atoms with E-state index in [9.17, 15) is 9.90 Å². The van der Waals surface area contributed by atoms with Crippen molar-refractivity contribution in [3.63, 3.8) is 0 Å². The predicted octanol–water partition coefficient (Wildman–Crippen LogP) is 4.28. The first kappa shape index (κ1) is 20.3. The molecule has 1 aliphatic carbocycles. The number of aromatic carboxylic acids is 1. The summed E-state index contributed by atoms with van der Waals surface area (Å²) in [5.41, 5.74) is 4.23. The molecular formula is C24H28N4O2. The molecule has 1 aromatic carbocycles. The van der Waals surface area contributed by atoms with Crippen LogP contribution in [0.25, 0.3) is 11.1 Å². The van der Waals surface area contributed by atoms with Gasteiger partial charge in [0.1, 0.15) is 0 Å². The van der Waals surface area contributed by atoms with E-state index in [4.69, 9.17) is 5.10 Å². The van der Waals surface area contributed by atoms with Gasteiger partial charge in [-0.2, -0.15) is 5.10 Å². The number of rotatable bonds is 6. The second-order valence-electron chi connectivity index (χ2n) is 8.26. The van der Waals surface area contributed by atoms with Gasteiger partial charge in [0.05, 0.1) is 23.5 Å². The number of hydrogen-bond acceptors (Lipinski definition) is 4. The maximum Gasteiger partial charge on any atom is 0.336 e. The minimum atomic E-state index is -0.925. The fraction of sp³-hybridized carbons (Fsp3) is 0.375. The first-order chi connectivity index (χ1) is 14.5. The maximum atomic E-state index is 11.7. The zero-order valence-corrected chi connectivity index (χ0v) is 17.5. The molecule has 0 radical (unpaired) electrons. The van der Waals surface area contributed by atoms with Gasteiger partial charge in [-0.05, 0) is 57.0 Å². The van der Waals surface area contributed by atoms with Gasteiger partial charge < -0.3 is 10.0 Å². The van der Waals surface area contributed by atoms with Gasteiger partial charge in [0.2, 0.25) is 0 Å². The topological polar surface area (TPSA) is 71.2 Å². The van der Waals surface area contributed by atoms with Crippen LogP contribution < -0.4 is 0 Å². The summed E-state index contributed by atoms with van der Waals surface area (Å²) < 4.78 is 2.15. The number of nitrogens with zero attached hydrogens (tertiary/aromatic N) is 4. The number of hydrogen-bond donors (Lipinski definition) is 1. The monoisotopic (exact) mass is 404 g/mol. The standard InChI is InChI=1S/C24H28N4O2/c1-27(2)19-8-10-20(11-9-19)28-23(14-18-15-25-13-12-21(18)24(29)30)22(16-26-28)17-6-4-3-5-7-17/h3-7,12-13,15-16,19-20H,8-11,14H2,1-2H3,(H,29,30). The van der Waals surface area contributed by atoms with E-state index in [-0.39, 0.29) is 0 Å². The molecule has 3 aromatic rings. The number of aromatic nitrogens is 3. The number of carboxylic acids is 1. The van der Waals surface area contributed by atoms with Crippen molar-refractivity contribution in [2.24, 2.45) is 0 Å². The molecule has 1 saturated carbocycles. The second kappa shape index (κ2) is 8.79. The number of carboxylic acid groups (broad SMARTS) is 1. The number of pyridine rings is 1. The molecule has 156 valence electrons. The van der Waals surface area contributed by atoms with E-state index in [0.717, 1.165) is 42.5 Å². The van der Waals surface area contributed by atoms with Crippen molar-refractivity contribution in [1.82, 2.24) is 19.7 Å². The van der Waals surface area contributed by atoms with E-state index in [2.05, 4.69) is 40.8 Å². The van der Waals surface area contributed by atoms with Crippen molar-refractivity contribution in [2.75, 3.05) is 14.1 Å². The van der Waals surface area contributed by atoms with Crippen LogP contribution in [-0.2, 0) is 6.42 Å². The van der Waals surface area contributed by atoms with Gasteiger partial charge in [0.25, 0.3) is 0 Å². The molecule has 6 heteroatoms. The molecule has 0 amide bonds. The van der Waals surface area contributed by atoms with Crippen LogP contribution in [0.2, 0.25) is 0 Å². The number of benzene rings is 1. The van der Waals surface area contributed by atoms with Gasteiger partial charge in [-0.3, -0.25) is 9.67 Å². The molecule has 1 fully saturated rings. The molecule has 0 unspecified atom stereocenters. The Bertz CT molecular complexity index is 1010. The van der Waals surface area contributed by atoms with Crippen LogP contribution in [0.1, 0.15) is 53.3 Å². The molecule has 4 rings (SSSR count). The van der Waals surface area contributed by atoms with Crippen LogP contribution in [-0.4, -0.2) is 50.9 Å². The van der Waals surface area contributed by atoms with E-state index in [1.165, 1.54) is 6.20 Å². The molecule has 2 aromatic heterocycles. The molecule has 1 aliphatic rings. The molecule has 0 spiro atoms. The van der Waals surface area contributed by atoms with E-state index in [1.807, 2.05) is 24.4 Å². The molecule has 2 heterocycles. The number of carbonyl (C=O) groups is 1. The molecule has 0 saturated heterocycles. The Labute approximate surface area is 177 Å². The zero-order valence-electron chi connectivity index (χ0n) is 17.5. The Kier molecular flexibility index (Phi) is 5.95. The Balaban J connectivity index is 1.72. The van der Waals surface area contributed by atoms with Crippen molar-refractivity contribution >= 4 is 5.97 Å². The molecule has 0 aliphatic heterocycles. The summed E-state index contributed by atoms with van der Waals surface area (Å²) in [4.78, 5) is 18.2. The van der Waals surface area contributed by atoms with Gasteiger partial charge >= 0.3 is 5.97 Å². The van der Waals surface area contributed by atoms with Crippen molar-refractivity contribution in [3.8, 4) is 11.1 Å². The normalized spacial score (nSPS) is 19.2. The van der Waals surface area contributed by atoms with Crippen LogP contribution >= 0.6 is 0 Å². The van der Waals surface area contributed by atoms with Crippen LogP contribution in [0, 0.1) is 0 Å². The quantitative estimate of drug-likeness (QED) is 0.664. The minimum Gasteiger partial charge on any atom is -0.478 e. The predicted molar refractivity (Wildman–Crippen MR) is 117 cm³/mol. The first-order valence-electron chi connectivity index (χ1n) is 10.5. The van der Waals surface area contributed by atoms with Gasteiger partial charge in [0.15, 0.2) is 0 Å². The van der Waals surface area contributed by atoms with E-state index in [0.29, 0.717) is 29.6 Å². The fourth-order valence-corrected chi connectivity index (χ4v) is 4.51. The summed E-state index contributed by atoms with van der Waals surface area (Å²) in [6.07, 6.45) is 10.1. The van der Waals surface area contributed by atoms with Crippen molar-refractivity contribution in [1.29, 1.82) is 0 Å². The third-order valence-electron chi connectivity index (χ3n) is 6.22. The highest BCUT2D eigenvalue weighted by Gasteiger charge is 2.27. The Morgan fingerprint density at radius 1 is 1.10 bits per heavy atom. The van der Waals surface area contributed by atoms with Gasteiger partial charge in [-0.25, -0.2) is 4.79 Å².